The molecule has 0 aliphatic rings. The summed E-state index contributed by atoms with van der Waals surface area (Å²) in [5, 5.41) is 3.18. The van der Waals surface area contributed by atoms with Crippen LogP contribution in [0, 0.1) is 6.92 Å². The number of hydrogen-bond donors (Lipinski definition) is 1. The number of sulfonamides is 1. The molecule has 0 aliphatic heterocycles. The molecule has 0 unspecified atom stereocenters. The number of nitrogens with zero attached hydrogens (tertiary/aromatic N) is 1. The Balaban J connectivity index is 2.27. The van der Waals surface area contributed by atoms with Crippen LogP contribution in [0.2, 0.25) is 10.0 Å². The summed E-state index contributed by atoms with van der Waals surface area (Å²) in [7, 11) is -3.72. The van der Waals surface area contributed by atoms with Crippen molar-refractivity contribution < 1.29 is 13.2 Å². The Morgan fingerprint density at radius 3 is 2.50 bits per heavy atom. The van der Waals surface area contributed by atoms with Gasteiger partial charge in [-0.25, -0.2) is 8.42 Å². The van der Waals surface area contributed by atoms with Gasteiger partial charge in [0.1, 0.15) is 6.54 Å². The highest BCUT2D eigenvalue weighted by atomic mass is 35.5. The van der Waals surface area contributed by atoms with E-state index in [2.05, 4.69) is 5.32 Å². The fraction of sp³-hybridized carbons (Fsp3) is 0.188. The van der Waals surface area contributed by atoms with Crippen LogP contribution in [0.5, 0.6) is 0 Å². The van der Waals surface area contributed by atoms with Crippen molar-refractivity contribution in [1.29, 1.82) is 0 Å². The normalized spacial score (nSPS) is 11.2. The molecule has 0 aliphatic carbocycles. The second-order valence-electron chi connectivity index (χ2n) is 5.28. The minimum Gasteiger partial charge on any atom is -0.325 e. The molecule has 0 spiro atoms. The number of anilines is 2. The van der Waals surface area contributed by atoms with Crippen molar-refractivity contribution in [3.63, 3.8) is 0 Å². The molecule has 0 radical (unpaired) electrons. The Bertz CT molecular complexity index is 869. The lowest BCUT2D eigenvalue weighted by atomic mass is 10.2. The van der Waals surface area contributed by atoms with Crippen molar-refractivity contribution in [2.75, 3.05) is 22.4 Å². The smallest absolute Gasteiger partial charge is 0.245 e. The molecule has 0 fully saturated rings. The summed E-state index contributed by atoms with van der Waals surface area (Å²) in [6.45, 7) is 1.48. The molecule has 2 rings (SSSR count). The van der Waals surface area contributed by atoms with Crippen LogP contribution in [0.25, 0.3) is 0 Å². The van der Waals surface area contributed by atoms with E-state index < -0.39 is 22.5 Å². The first-order chi connectivity index (χ1) is 11.2. The molecule has 0 atom stereocenters. The molecule has 2 aromatic carbocycles. The Hall–Kier alpha value is -1.76. The predicted octanol–water partition coefficient (Wildman–Crippen LogP) is 3.71. The first-order valence-electron chi connectivity index (χ1n) is 6.96. The van der Waals surface area contributed by atoms with Gasteiger partial charge in [0.15, 0.2) is 0 Å². The molecule has 0 aromatic heterocycles. The van der Waals surface area contributed by atoms with E-state index in [1.54, 1.807) is 24.3 Å². The van der Waals surface area contributed by atoms with Crippen LogP contribution in [-0.4, -0.2) is 27.1 Å². The molecule has 0 bridgehead atoms. The number of carbonyl (C=O) groups excluding carboxylic acids is 1. The molecule has 8 heteroatoms. The lowest BCUT2D eigenvalue weighted by Crippen LogP contribution is -2.37. The van der Waals surface area contributed by atoms with Gasteiger partial charge < -0.3 is 5.32 Å². The Kier molecular flexibility index (Phi) is 5.74. The lowest BCUT2D eigenvalue weighted by molar-refractivity contribution is -0.114. The third kappa shape index (κ3) is 4.87. The number of rotatable bonds is 5. The van der Waals surface area contributed by atoms with Gasteiger partial charge in [-0.15, -0.1) is 0 Å². The van der Waals surface area contributed by atoms with Gasteiger partial charge in [-0.1, -0.05) is 35.3 Å². The van der Waals surface area contributed by atoms with Gasteiger partial charge in [-0.05, 0) is 42.8 Å². The van der Waals surface area contributed by atoms with E-state index in [0.717, 1.165) is 16.1 Å². The fourth-order valence-corrected chi connectivity index (χ4v) is 3.41. The monoisotopic (exact) mass is 386 g/mol. The van der Waals surface area contributed by atoms with E-state index in [0.29, 0.717) is 10.7 Å². The quantitative estimate of drug-likeness (QED) is 0.851. The highest BCUT2D eigenvalue weighted by molar-refractivity contribution is 7.92. The third-order valence-electron chi connectivity index (χ3n) is 3.17. The first kappa shape index (κ1) is 18.6. The summed E-state index contributed by atoms with van der Waals surface area (Å²) in [6, 6.07) is 11.6. The third-order valence-corrected chi connectivity index (χ3v) is 4.85. The van der Waals surface area contributed by atoms with Crippen molar-refractivity contribution in [3.05, 3.63) is 58.1 Å². The molecular formula is C16H16Cl2N2O3S. The zero-order chi connectivity index (χ0) is 17.9. The van der Waals surface area contributed by atoms with Gasteiger partial charge >= 0.3 is 0 Å². The van der Waals surface area contributed by atoms with Gasteiger partial charge in [-0.2, -0.15) is 0 Å². The van der Waals surface area contributed by atoms with E-state index in [-0.39, 0.29) is 10.7 Å². The molecule has 1 N–H and O–H groups in total. The van der Waals surface area contributed by atoms with Crippen LogP contribution in [0.4, 0.5) is 11.4 Å². The highest BCUT2D eigenvalue weighted by Gasteiger charge is 2.23. The van der Waals surface area contributed by atoms with Gasteiger partial charge in [0.05, 0.1) is 17.0 Å². The zero-order valence-corrected chi connectivity index (χ0v) is 15.4. The summed E-state index contributed by atoms with van der Waals surface area (Å²) in [6.07, 6.45) is 1.00. The molecule has 128 valence electrons. The highest BCUT2D eigenvalue weighted by Crippen LogP contribution is 2.30. The Morgan fingerprint density at radius 2 is 1.88 bits per heavy atom. The number of benzene rings is 2. The van der Waals surface area contributed by atoms with E-state index >= 15 is 0 Å². The maximum atomic E-state index is 12.3. The lowest BCUT2D eigenvalue weighted by Gasteiger charge is -2.23. The van der Waals surface area contributed by atoms with Gasteiger partial charge in [0.2, 0.25) is 15.9 Å². The van der Waals surface area contributed by atoms with Crippen molar-refractivity contribution in [2.24, 2.45) is 0 Å². The second kappa shape index (κ2) is 7.42. The Morgan fingerprint density at radius 1 is 1.17 bits per heavy atom. The maximum absolute atomic E-state index is 12.3. The second-order valence-corrected chi connectivity index (χ2v) is 8.03. The summed E-state index contributed by atoms with van der Waals surface area (Å²) >= 11 is 12.0. The average Bonchev–Trinajstić information content (AvgIpc) is 2.46. The number of aryl methyl sites for hydroxylation is 1. The SMILES string of the molecule is Cc1cccc(NC(=O)CN(c2cc(Cl)ccc2Cl)S(C)(=O)=O)c1. The summed E-state index contributed by atoms with van der Waals surface area (Å²) in [5.41, 5.74) is 1.72. The van der Waals surface area contributed by atoms with E-state index in [1.807, 2.05) is 13.0 Å². The van der Waals surface area contributed by atoms with Crippen LogP contribution in [0.15, 0.2) is 42.5 Å². The molecule has 5 nitrogen and oxygen atoms in total. The standard InChI is InChI=1S/C16H16Cl2N2O3S/c1-11-4-3-5-13(8-11)19-16(21)10-20(24(2,22)23)15-9-12(17)6-7-14(15)18/h3-9H,10H2,1-2H3,(H,19,21). The van der Waals surface area contributed by atoms with Crippen molar-refractivity contribution in [2.45, 2.75) is 6.92 Å². The maximum Gasteiger partial charge on any atom is 0.245 e. The fourth-order valence-electron chi connectivity index (χ4n) is 2.11. The largest absolute Gasteiger partial charge is 0.325 e. The van der Waals surface area contributed by atoms with Crippen LogP contribution < -0.4 is 9.62 Å². The molecule has 1 amide bonds. The topological polar surface area (TPSA) is 66.5 Å². The molecule has 0 saturated heterocycles. The number of halogens is 2. The molecule has 24 heavy (non-hydrogen) atoms. The summed E-state index contributed by atoms with van der Waals surface area (Å²) in [5.74, 6) is -0.484. The zero-order valence-electron chi connectivity index (χ0n) is 13.1. The summed E-state index contributed by atoms with van der Waals surface area (Å²) in [4.78, 5) is 12.3. The predicted molar refractivity (Wildman–Crippen MR) is 98.5 cm³/mol. The van der Waals surface area contributed by atoms with Crippen LogP contribution in [0.3, 0.4) is 0 Å². The molecule has 0 heterocycles. The van der Waals surface area contributed by atoms with E-state index in [4.69, 9.17) is 23.2 Å². The van der Waals surface area contributed by atoms with Crippen LogP contribution in [0.1, 0.15) is 5.56 Å². The molecular weight excluding hydrogens is 371 g/mol. The van der Waals surface area contributed by atoms with Gasteiger partial charge in [0, 0.05) is 10.7 Å². The molecule has 0 saturated carbocycles. The molecule has 2 aromatic rings. The number of hydrogen-bond acceptors (Lipinski definition) is 3. The van der Waals surface area contributed by atoms with Crippen LogP contribution >= 0.6 is 23.2 Å². The van der Waals surface area contributed by atoms with Gasteiger partial charge in [0.25, 0.3) is 0 Å². The van der Waals surface area contributed by atoms with E-state index in [9.17, 15) is 13.2 Å². The van der Waals surface area contributed by atoms with E-state index in [1.165, 1.54) is 12.1 Å². The first-order valence-corrected chi connectivity index (χ1v) is 9.56. The average molecular weight is 387 g/mol. The van der Waals surface area contributed by atoms with Crippen molar-refractivity contribution >= 4 is 50.5 Å². The Labute approximate surface area is 151 Å². The number of carbonyl (C=O) groups is 1. The summed E-state index contributed by atoms with van der Waals surface area (Å²) < 4.78 is 25.1. The van der Waals surface area contributed by atoms with Gasteiger partial charge in [-0.3, -0.25) is 9.10 Å². The minimum absolute atomic E-state index is 0.158. The van der Waals surface area contributed by atoms with Crippen LogP contribution in [-0.2, 0) is 14.8 Å². The van der Waals surface area contributed by atoms with Crippen molar-refractivity contribution in [1.82, 2.24) is 0 Å². The number of nitrogens with one attached hydrogen (secondary N) is 1. The number of amides is 1. The minimum atomic E-state index is -3.72. The van der Waals surface area contributed by atoms with Crippen molar-refractivity contribution in [3.8, 4) is 0 Å².